The second kappa shape index (κ2) is 6.87. The van der Waals surface area contributed by atoms with E-state index in [4.69, 9.17) is 9.47 Å². The van der Waals surface area contributed by atoms with Crippen LogP contribution in [0.4, 0.5) is 5.69 Å². The monoisotopic (exact) mass is 362 g/mol. The minimum absolute atomic E-state index is 0.0349. The number of carbonyl (C=O) groups excluding carboxylic acids is 1. The molecular formula is C17H22N4O3S. The fraction of sp³-hybridized carbons (Fsp3) is 0.529. The highest BCUT2D eigenvalue weighted by Crippen LogP contribution is 2.27. The zero-order chi connectivity index (χ0) is 17.3. The molecule has 2 fully saturated rings. The number of hydrogen-bond donors (Lipinski definition) is 0. The molecule has 1 amide bonds. The van der Waals surface area contributed by atoms with Gasteiger partial charge in [-0.3, -0.25) is 14.4 Å². The van der Waals surface area contributed by atoms with E-state index >= 15 is 0 Å². The van der Waals surface area contributed by atoms with Crippen molar-refractivity contribution in [2.45, 2.75) is 12.1 Å². The summed E-state index contributed by atoms with van der Waals surface area (Å²) in [6, 6.07) is 2.15. The van der Waals surface area contributed by atoms with E-state index < -0.39 is 5.60 Å². The van der Waals surface area contributed by atoms with Crippen LogP contribution >= 0.6 is 11.3 Å². The number of aromatic nitrogens is 2. The van der Waals surface area contributed by atoms with Crippen LogP contribution in [0.2, 0.25) is 0 Å². The summed E-state index contributed by atoms with van der Waals surface area (Å²) in [6.07, 6.45) is 3.58. The minimum atomic E-state index is -0.504. The van der Waals surface area contributed by atoms with Gasteiger partial charge in [-0.2, -0.15) is 16.4 Å². The van der Waals surface area contributed by atoms with Gasteiger partial charge in [0, 0.05) is 32.9 Å². The maximum absolute atomic E-state index is 12.4. The first-order valence-electron chi connectivity index (χ1n) is 8.38. The molecule has 0 radical (unpaired) electrons. The van der Waals surface area contributed by atoms with Crippen LogP contribution in [0.3, 0.4) is 0 Å². The molecular weight excluding hydrogens is 340 g/mol. The van der Waals surface area contributed by atoms with Crippen LogP contribution in [-0.2, 0) is 27.9 Å². The van der Waals surface area contributed by atoms with E-state index in [2.05, 4.69) is 26.8 Å². The number of thiophene rings is 1. The van der Waals surface area contributed by atoms with Crippen molar-refractivity contribution in [1.82, 2.24) is 14.7 Å². The molecule has 0 bridgehead atoms. The van der Waals surface area contributed by atoms with Gasteiger partial charge in [-0.15, -0.1) is 0 Å². The molecule has 0 unspecified atom stereocenters. The number of rotatable bonds is 3. The highest BCUT2D eigenvalue weighted by molar-refractivity contribution is 7.07. The molecule has 1 spiro atoms. The van der Waals surface area contributed by atoms with Crippen molar-refractivity contribution in [3.63, 3.8) is 0 Å². The Morgan fingerprint density at radius 2 is 2.32 bits per heavy atom. The standard InChI is InChI=1S/C17H22N4O3S/c1-19-8-15(6-18-19)21-12-17(24-9-16(21)22)11-20(3-4-23-13-17)7-14-2-5-25-10-14/h2,5-6,8,10H,3-4,7,9,11-13H2,1H3/t17-/m0/s1. The number of amides is 1. The van der Waals surface area contributed by atoms with Crippen LogP contribution in [0.1, 0.15) is 5.56 Å². The summed E-state index contributed by atoms with van der Waals surface area (Å²) in [4.78, 5) is 16.5. The Morgan fingerprint density at radius 1 is 1.40 bits per heavy atom. The molecule has 0 aromatic carbocycles. The lowest BCUT2D eigenvalue weighted by Crippen LogP contribution is -2.60. The number of anilines is 1. The third-order valence-electron chi connectivity index (χ3n) is 4.67. The molecule has 134 valence electrons. The largest absolute Gasteiger partial charge is 0.377 e. The van der Waals surface area contributed by atoms with E-state index in [9.17, 15) is 4.79 Å². The van der Waals surface area contributed by atoms with Gasteiger partial charge in [-0.05, 0) is 22.4 Å². The first kappa shape index (κ1) is 16.7. The number of ether oxygens (including phenoxy) is 2. The first-order valence-corrected chi connectivity index (χ1v) is 9.32. The fourth-order valence-electron chi connectivity index (χ4n) is 3.44. The average Bonchev–Trinajstić information content (AvgIpc) is 3.21. The predicted octanol–water partition coefficient (Wildman–Crippen LogP) is 1.12. The zero-order valence-corrected chi connectivity index (χ0v) is 15.1. The van der Waals surface area contributed by atoms with Gasteiger partial charge in [0.05, 0.1) is 31.6 Å². The van der Waals surface area contributed by atoms with E-state index in [1.54, 1.807) is 27.1 Å². The molecule has 0 aliphatic carbocycles. The van der Waals surface area contributed by atoms with Gasteiger partial charge in [0.25, 0.3) is 5.91 Å². The Labute approximate surface area is 150 Å². The average molecular weight is 362 g/mol. The Morgan fingerprint density at radius 3 is 3.08 bits per heavy atom. The maximum Gasteiger partial charge on any atom is 0.253 e. The Bertz CT molecular complexity index is 732. The van der Waals surface area contributed by atoms with Gasteiger partial charge >= 0.3 is 0 Å². The van der Waals surface area contributed by atoms with Gasteiger partial charge < -0.3 is 14.4 Å². The van der Waals surface area contributed by atoms with Gasteiger partial charge in [-0.25, -0.2) is 0 Å². The van der Waals surface area contributed by atoms with E-state index in [1.165, 1.54) is 5.56 Å². The second-order valence-electron chi connectivity index (χ2n) is 6.72. The smallest absolute Gasteiger partial charge is 0.253 e. The molecule has 2 aliphatic rings. The van der Waals surface area contributed by atoms with Crippen molar-refractivity contribution < 1.29 is 14.3 Å². The van der Waals surface area contributed by atoms with Gasteiger partial charge in [0.1, 0.15) is 12.2 Å². The van der Waals surface area contributed by atoms with Crippen molar-refractivity contribution in [3.05, 3.63) is 34.8 Å². The van der Waals surface area contributed by atoms with Crippen LogP contribution in [0.25, 0.3) is 0 Å². The molecule has 0 saturated carbocycles. The second-order valence-corrected chi connectivity index (χ2v) is 7.50. The van der Waals surface area contributed by atoms with Crippen molar-refractivity contribution in [2.24, 2.45) is 7.05 Å². The summed E-state index contributed by atoms with van der Waals surface area (Å²) >= 11 is 1.71. The Kier molecular flexibility index (Phi) is 4.60. The van der Waals surface area contributed by atoms with E-state index in [1.807, 2.05) is 13.2 Å². The molecule has 25 heavy (non-hydrogen) atoms. The normalized spacial score (nSPS) is 25.5. The molecule has 4 heterocycles. The highest BCUT2D eigenvalue weighted by atomic mass is 32.1. The predicted molar refractivity (Wildman–Crippen MR) is 94.7 cm³/mol. The lowest BCUT2D eigenvalue weighted by molar-refractivity contribution is -0.146. The number of aryl methyl sites for hydroxylation is 1. The Balaban J connectivity index is 1.53. The number of carbonyl (C=O) groups is 1. The molecule has 2 saturated heterocycles. The first-order chi connectivity index (χ1) is 12.1. The highest BCUT2D eigenvalue weighted by Gasteiger charge is 2.43. The van der Waals surface area contributed by atoms with Gasteiger partial charge in [0.15, 0.2) is 0 Å². The number of nitrogens with zero attached hydrogens (tertiary/aromatic N) is 4. The molecule has 0 N–H and O–H groups in total. The van der Waals surface area contributed by atoms with E-state index in [0.717, 1.165) is 25.3 Å². The van der Waals surface area contributed by atoms with Crippen molar-refractivity contribution in [1.29, 1.82) is 0 Å². The van der Waals surface area contributed by atoms with Crippen LogP contribution in [0.15, 0.2) is 29.2 Å². The lowest BCUT2D eigenvalue weighted by atomic mass is 10.0. The minimum Gasteiger partial charge on any atom is -0.377 e. The molecule has 7 nitrogen and oxygen atoms in total. The topological polar surface area (TPSA) is 59.8 Å². The zero-order valence-electron chi connectivity index (χ0n) is 14.3. The molecule has 2 aromatic heterocycles. The third kappa shape index (κ3) is 3.62. The summed E-state index contributed by atoms with van der Waals surface area (Å²) in [5.41, 5.74) is 1.61. The fourth-order valence-corrected chi connectivity index (χ4v) is 4.10. The molecule has 8 heteroatoms. The molecule has 2 aromatic rings. The molecule has 4 rings (SSSR count). The third-order valence-corrected chi connectivity index (χ3v) is 5.40. The van der Waals surface area contributed by atoms with Gasteiger partial charge in [-0.1, -0.05) is 0 Å². The van der Waals surface area contributed by atoms with Crippen LogP contribution in [0, 0.1) is 0 Å². The lowest BCUT2D eigenvalue weighted by Gasteiger charge is -2.42. The summed E-state index contributed by atoms with van der Waals surface area (Å²) in [7, 11) is 1.85. The van der Waals surface area contributed by atoms with Crippen molar-refractivity contribution in [3.8, 4) is 0 Å². The van der Waals surface area contributed by atoms with Crippen LogP contribution < -0.4 is 4.90 Å². The number of morpholine rings is 1. The molecule has 1 atom stereocenters. The van der Waals surface area contributed by atoms with Crippen LogP contribution in [-0.4, -0.2) is 65.6 Å². The Hall–Kier alpha value is -1.74. The number of hydrogen-bond acceptors (Lipinski definition) is 6. The van der Waals surface area contributed by atoms with Gasteiger partial charge in [0.2, 0.25) is 0 Å². The molecule has 2 aliphatic heterocycles. The SMILES string of the molecule is Cn1cc(N2C[C@@]3(COCCN(Cc4ccsc4)C3)OCC2=O)cn1. The summed E-state index contributed by atoms with van der Waals surface area (Å²) < 4.78 is 13.6. The van der Waals surface area contributed by atoms with E-state index in [-0.39, 0.29) is 12.5 Å². The van der Waals surface area contributed by atoms with E-state index in [0.29, 0.717) is 19.8 Å². The quantitative estimate of drug-likeness (QED) is 0.819. The summed E-state index contributed by atoms with van der Waals surface area (Å²) in [5, 5.41) is 8.45. The van der Waals surface area contributed by atoms with Crippen molar-refractivity contribution in [2.75, 3.05) is 44.4 Å². The summed E-state index contributed by atoms with van der Waals surface area (Å²) in [6.45, 7) is 4.21. The maximum atomic E-state index is 12.4. The van der Waals surface area contributed by atoms with Crippen molar-refractivity contribution >= 4 is 22.9 Å². The van der Waals surface area contributed by atoms with Crippen LogP contribution in [0.5, 0.6) is 0 Å². The summed E-state index contributed by atoms with van der Waals surface area (Å²) in [5.74, 6) is -0.0349.